The standard InChI is InChI=1S/C13H15FO4/c14-11-6-4-9(5-7-11)2-1-3-10(13(17)18)8-12(15)16/h4-7,10H,1-3,8H2,(H,15,16)(H,17,18). The van der Waals surface area contributed by atoms with Gasteiger partial charge in [0.1, 0.15) is 5.82 Å². The van der Waals surface area contributed by atoms with E-state index in [1.165, 1.54) is 12.1 Å². The monoisotopic (exact) mass is 254 g/mol. The highest BCUT2D eigenvalue weighted by atomic mass is 19.1. The molecule has 1 unspecified atom stereocenters. The maximum absolute atomic E-state index is 12.6. The molecule has 0 aromatic heterocycles. The van der Waals surface area contributed by atoms with E-state index in [4.69, 9.17) is 10.2 Å². The van der Waals surface area contributed by atoms with Crippen molar-refractivity contribution in [2.24, 2.45) is 5.92 Å². The minimum Gasteiger partial charge on any atom is -0.481 e. The Bertz CT molecular complexity index is 414. The van der Waals surface area contributed by atoms with Crippen molar-refractivity contribution in [2.75, 3.05) is 0 Å². The Balaban J connectivity index is 2.41. The van der Waals surface area contributed by atoms with E-state index in [0.29, 0.717) is 19.3 Å². The number of carboxylic acids is 2. The van der Waals surface area contributed by atoms with Crippen molar-refractivity contribution in [3.05, 3.63) is 35.6 Å². The first-order valence-electron chi connectivity index (χ1n) is 5.68. The number of hydrogen-bond acceptors (Lipinski definition) is 2. The third-order valence-corrected chi connectivity index (χ3v) is 2.70. The zero-order valence-electron chi connectivity index (χ0n) is 9.80. The minimum atomic E-state index is -1.11. The van der Waals surface area contributed by atoms with Crippen LogP contribution in [0.25, 0.3) is 0 Å². The number of carbonyl (C=O) groups is 2. The first-order valence-corrected chi connectivity index (χ1v) is 5.68. The normalized spacial score (nSPS) is 12.1. The Morgan fingerprint density at radius 1 is 1.17 bits per heavy atom. The van der Waals surface area contributed by atoms with Crippen LogP contribution in [0.1, 0.15) is 24.8 Å². The first-order chi connectivity index (χ1) is 8.49. The summed E-state index contributed by atoms with van der Waals surface area (Å²) in [5.74, 6) is -3.36. The molecule has 0 saturated heterocycles. The van der Waals surface area contributed by atoms with Crippen LogP contribution in [0, 0.1) is 11.7 Å². The van der Waals surface area contributed by atoms with Gasteiger partial charge in [-0.3, -0.25) is 9.59 Å². The molecule has 1 aromatic carbocycles. The highest BCUT2D eigenvalue weighted by Gasteiger charge is 2.20. The highest BCUT2D eigenvalue weighted by molar-refractivity contribution is 5.77. The van der Waals surface area contributed by atoms with Gasteiger partial charge in [-0.25, -0.2) is 4.39 Å². The summed E-state index contributed by atoms with van der Waals surface area (Å²) in [6.45, 7) is 0. The Morgan fingerprint density at radius 3 is 2.28 bits per heavy atom. The average Bonchev–Trinajstić information content (AvgIpc) is 2.29. The van der Waals surface area contributed by atoms with Crippen LogP contribution in [-0.2, 0) is 16.0 Å². The molecule has 0 spiro atoms. The van der Waals surface area contributed by atoms with E-state index >= 15 is 0 Å². The van der Waals surface area contributed by atoms with Gasteiger partial charge >= 0.3 is 11.9 Å². The van der Waals surface area contributed by atoms with Gasteiger partial charge in [-0.15, -0.1) is 0 Å². The lowest BCUT2D eigenvalue weighted by Crippen LogP contribution is -2.17. The van der Waals surface area contributed by atoms with E-state index in [2.05, 4.69) is 0 Å². The fourth-order valence-corrected chi connectivity index (χ4v) is 1.73. The second-order valence-electron chi connectivity index (χ2n) is 4.15. The predicted octanol–water partition coefficient (Wildman–Crippen LogP) is 2.32. The van der Waals surface area contributed by atoms with E-state index < -0.39 is 17.9 Å². The van der Waals surface area contributed by atoms with Crippen LogP contribution in [-0.4, -0.2) is 22.2 Å². The number of rotatable bonds is 7. The largest absolute Gasteiger partial charge is 0.481 e. The molecule has 0 aliphatic rings. The van der Waals surface area contributed by atoms with Crippen molar-refractivity contribution in [1.29, 1.82) is 0 Å². The molecule has 0 heterocycles. The summed E-state index contributed by atoms with van der Waals surface area (Å²) in [6, 6.07) is 5.98. The van der Waals surface area contributed by atoms with Gasteiger partial charge in [0.15, 0.2) is 0 Å². The molecular formula is C13H15FO4. The van der Waals surface area contributed by atoms with Gasteiger partial charge < -0.3 is 10.2 Å². The average molecular weight is 254 g/mol. The summed E-state index contributed by atoms with van der Waals surface area (Å²) in [4.78, 5) is 21.3. The topological polar surface area (TPSA) is 74.6 Å². The Labute approximate surface area is 104 Å². The second-order valence-corrected chi connectivity index (χ2v) is 4.15. The fraction of sp³-hybridized carbons (Fsp3) is 0.385. The molecule has 0 aliphatic heterocycles. The number of halogens is 1. The molecular weight excluding hydrogens is 239 g/mol. The number of benzene rings is 1. The zero-order chi connectivity index (χ0) is 13.5. The molecule has 0 radical (unpaired) electrons. The number of aliphatic carboxylic acids is 2. The quantitative estimate of drug-likeness (QED) is 0.783. The molecule has 1 aromatic rings. The molecule has 0 amide bonds. The van der Waals surface area contributed by atoms with Gasteiger partial charge in [0.2, 0.25) is 0 Å². The number of hydrogen-bond donors (Lipinski definition) is 2. The third-order valence-electron chi connectivity index (χ3n) is 2.70. The van der Waals surface area contributed by atoms with Crippen molar-refractivity contribution in [3.8, 4) is 0 Å². The molecule has 0 fully saturated rings. The summed E-state index contributed by atoms with van der Waals surface area (Å²) in [5.41, 5.74) is 0.913. The number of aryl methyl sites for hydroxylation is 1. The first kappa shape index (κ1) is 14.2. The van der Waals surface area contributed by atoms with Crippen LogP contribution in [0.2, 0.25) is 0 Å². The van der Waals surface area contributed by atoms with Gasteiger partial charge in [-0.1, -0.05) is 12.1 Å². The second kappa shape index (κ2) is 6.74. The van der Waals surface area contributed by atoms with Crippen LogP contribution < -0.4 is 0 Å². The van der Waals surface area contributed by atoms with E-state index in [9.17, 15) is 14.0 Å². The SMILES string of the molecule is O=C(O)CC(CCCc1ccc(F)cc1)C(=O)O. The minimum absolute atomic E-state index is 0.305. The van der Waals surface area contributed by atoms with Crippen molar-refractivity contribution in [3.63, 3.8) is 0 Å². The summed E-state index contributed by atoms with van der Waals surface area (Å²) in [7, 11) is 0. The molecule has 0 saturated carbocycles. The fourth-order valence-electron chi connectivity index (χ4n) is 1.73. The van der Waals surface area contributed by atoms with Crippen molar-refractivity contribution in [1.82, 2.24) is 0 Å². The van der Waals surface area contributed by atoms with E-state index in [-0.39, 0.29) is 12.2 Å². The third kappa shape index (κ3) is 4.95. The van der Waals surface area contributed by atoms with Crippen molar-refractivity contribution >= 4 is 11.9 Å². The van der Waals surface area contributed by atoms with Crippen LogP contribution in [0.4, 0.5) is 4.39 Å². The zero-order valence-corrected chi connectivity index (χ0v) is 9.80. The maximum Gasteiger partial charge on any atom is 0.307 e. The molecule has 2 N–H and O–H groups in total. The van der Waals surface area contributed by atoms with Gasteiger partial charge in [0, 0.05) is 0 Å². The van der Waals surface area contributed by atoms with Crippen LogP contribution in [0.5, 0.6) is 0 Å². The Hall–Kier alpha value is -1.91. The number of carboxylic acid groups (broad SMARTS) is 2. The van der Waals surface area contributed by atoms with Crippen molar-refractivity contribution in [2.45, 2.75) is 25.7 Å². The van der Waals surface area contributed by atoms with Crippen LogP contribution in [0.15, 0.2) is 24.3 Å². The Morgan fingerprint density at radius 2 is 1.78 bits per heavy atom. The van der Waals surface area contributed by atoms with Gasteiger partial charge in [-0.2, -0.15) is 0 Å². The maximum atomic E-state index is 12.6. The van der Waals surface area contributed by atoms with Gasteiger partial charge in [-0.05, 0) is 37.0 Å². The summed E-state index contributed by atoms with van der Waals surface area (Å²) in [5, 5.41) is 17.4. The summed E-state index contributed by atoms with van der Waals surface area (Å²) < 4.78 is 12.6. The van der Waals surface area contributed by atoms with Gasteiger partial charge in [0.25, 0.3) is 0 Å². The van der Waals surface area contributed by atoms with E-state index in [1.54, 1.807) is 12.1 Å². The van der Waals surface area contributed by atoms with Crippen LogP contribution >= 0.6 is 0 Å². The molecule has 0 bridgehead atoms. The molecule has 1 atom stereocenters. The lowest BCUT2D eigenvalue weighted by Gasteiger charge is -2.09. The molecule has 4 nitrogen and oxygen atoms in total. The van der Waals surface area contributed by atoms with Crippen LogP contribution in [0.3, 0.4) is 0 Å². The molecule has 5 heteroatoms. The predicted molar refractivity (Wildman–Crippen MR) is 62.7 cm³/mol. The lowest BCUT2D eigenvalue weighted by molar-refractivity contribution is -0.148. The molecule has 0 aliphatic carbocycles. The van der Waals surface area contributed by atoms with E-state index in [1.807, 2.05) is 0 Å². The molecule has 18 heavy (non-hydrogen) atoms. The lowest BCUT2D eigenvalue weighted by atomic mass is 9.97. The summed E-state index contributed by atoms with van der Waals surface area (Å²) >= 11 is 0. The van der Waals surface area contributed by atoms with Crippen molar-refractivity contribution < 1.29 is 24.2 Å². The highest BCUT2D eigenvalue weighted by Crippen LogP contribution is 2.15. The van der Waals surface area contributed by atoms with E-state index in [0.717, 1.165) is 5.56 Å². The Kier molecular flexibility index (Phi) is 5.30. The smallest absolute Gasteiger partial charge is 0.307 e. The molecule has 1 rings (SSSR count). The van der Waals surface area contributed by atoms with Gasteiger partial charge in [0.05, 0.1) is 12.3 Å². The summed E-state index contributed by atoms with van der Waals surface area (Å²) in [6.07, 6.45) is 1.12. The molecule has 98 valence electrons.